The Labute approximate surface area is 141 Å². The highest BCUT2D eigenvalue weighted by molar-refractivity contribution is 5.91. The number of carbonyl (C=O) groups is 1. The van der Waals surface area contributed by atoms with E-state index in [1.165, 1.54) is 0 Å². The Morgan fingerprint density at radius 1 is 1.25 bits per heavy atom. The van der Waals surface area contributed by atoms with Gasteiger partial charge in [-0.05, 0) is 26.0 Å². The minimum Gasteiger partial charge on any atom is -0.378 e. The Morgan fingerprint density at radius 2 is 2.04 bits per heavy atom. The third-order valence-electron chi connectivity index (χ3n) is 4.00. The van der Waals surface area contributed by atoms with E-state index in [0.29, 0.717) is 25.4 Å². The van der Waals surface area contributed by atoms with Gasteiger partial charge in [-0.2, -0.15) is 0 Å². The number of ether oxygens (including phenoxy) is 1. The Hall–Kier alpha value is -2.41. The van der Waals surface area contributed by atoms with Gasteiger partial charge >= 0.3 is 0 Å². The van der Waals surface area contributed by atoms with Crippen molar-refractivity contribution in [1.29, 1.82) is 0 Å². The summed E-state index contributed by atoms with van der Waals surface area (Å²) in [5.41, 5.74) is 3.52. The Balaban J connectivity index is 1.79. The van der Waals surface area contributed by atoms with Crippen molar-refractivity contribution >= 4 is 11.6 Å². The smallest absolute Gasteiger partial charge is 0.292 e. The number of anilines is 1. The van der Waals surface area contributed by atoms with Crippen LogP contribution >= 0.6 is 0 Å². The fourth-order valence-electron chi connectivity index (χ4n) is 2.73. The molecule has 7 nitrogen and oxygen atoms in total. The summed E-state index contributed by atoms with van der Waals surface area (Å²) in [4.78, 5) is 20.9. The van der Waals surface area contributed by atoms with Crippen molar-refractivity contribution in [3.8, 4) is 0 Å². The highest BCUT2D eigenvalue weighted by Crippen LogP contribution is 2.25. The molecular formula is C17H22N4O3. The molecule has 1 atom stereocenters. The van der Waals surface area contributed by atoms with E-state index in [4.69, 9.17) is 9.26 Å². The molecule has 0 aromatic carbocycles. The molecular weight excluding hydrogens is 308 g/mol. The number of hydrogen-bond acceptors (Lipinski definition) is 6. The average Bonchev–Trinajstić information content (AvgIpc) is 3.00. The standard InChI is InChI=1S/C17H22N4O3/c1-11-7-13(20(3)4)9-14(18-11)16-10-21(5-6-23-16)17(22)15-8-12(2)19-24-15/h7-9,16H,5-6,10H2,1-4H3/t16-/m1/s1. The van der Waals surface area contributed by atoms with Crippen LogP contribution in [0.1, 0.15) is 33.7 Å². The number of pyridine rings is 1. The van der Waals surface area contributed by atoms with Crippen molar-refractivity contribution in [1.82, 2.24) is 15.0 Å². The number of aromatic nitrogens is 2. The van der Waals surface area contributed by atoms with Crippen LogP contribution in [0.15, 0.2) is 22.7 Å². The molecule has 0 saturated carbocycles. The first-order chi connectivity index (χ1) is 11.4. The van der Waals surface area contributed by atoms with Gasteiger partial charge in [0.1, 0.15) is 6.10 Å². The predicted octanol–water partition coefficient (Wildman–Crippen LogP) is 1.97. The summed E-state index contributed by atoms with van der Waals surface area (Å²) in [5.74, 6) is 0.101. The predicted molar refractivity (Wildman–Crippen MR) is 89.1 cm³/mol. The van der Waals surface area contributed by atoms with Gasteiger partial charge in [0, 0.05) is 38.1 Å². The van der Waals surface area contributed by atoms with Crippen molar-refractivity contribution in [3.63, 3.8) is 0 Å². The molecule has 1 saturated heterocycles. The Kier molecular flexibility index (Phi) is 4.53. The van der Waals surface area contributed by atoms with Crippen LogP contribution in [0.2, 0.25) is 0 Å². The van der Waals surface area contributed by atoms with Gasteiger partial charge in [0.15, 0.2) is 0 Å². The second-order valence-electron chi connectivity index (χ2n) is 6.23. The van der Waals surface area contributed by atoms with Gasteiger partial charge < -0.3 is 19.1 Å². The third kappa shape index (κ3) is 3.41. The molecule has 0 spiro atoms. The highest BCUT2D eigenvalue weighted by atomic mass is 16.5. The molecule has 0 radical (unpaired) electrons. The van der Waals surface area contributed by atoms with E-state index in [0.717, 1.165) is 17.1 Å². The van der Waals surface area contributed by atoms with E-state index in [1.54, 1.807) is 17.9 Å². The van der Waals surface area contributed by atoms with E-state index < -0.39 is 0 Å². The molecule has 0 bridgehead atoms. The maximum absolute atomic E-state index is 12.5. The Bertz CT molecular complexity index is 741. The van der Waals surface area contributed by atoms with E-state index in [2.05, 4.69) is 10.1 Å². The van der Waals surface area contributed by atoms with Crippen LogP contribution in [0.4, 0.5) is 5.69 Å². The molecule has 0 unspecified atom stereocenters. The first-order valence-electron chi connectivity index (χ1n) is 7.94. The lowest BCUT2D eigenvalue weighted by Gasteiger charge is -2.32. The SMILES string of the molecule is Cc1cc(C(=O)N2CCO[C@@H](c3cc(N(C)C)cc(C)n3)C2)on1. The summed E-state index contributed by atoms with van der Waals surface area (Å²) in [5, 5.41) is 3.78. The van der Waals surface area contributed by atoms with Crippen LogP contribution in [0.3, 0.4) is 0 Å². The first kappa shape index (κ1) is 16.4. The third-order valence-corrected chi connectivity index (χ3v) is 4.00. The van der Waals surface area contributed by atoms with Crippen molar-refractivity contribution in [2.45, 2.75) is 20.0 Å². The second kappa shape index (κ2) is 6.60. The quantitative estimate of drug-likeness (QED) is 0.857. The van der Waals surface area contributed by atoms with E-state index >= 15 is 0 Å². The molecule has 0 N–H and O–H groups in total. The molecule has 1 amide bonds. The molecule has 1 aliphatic rings. The molecule has 7 heteroatoms. The van der Waals surface area contributed by atoms with Gasteiger partial charge in [0.2, 0.25) is 5.76 Å². The highest BCUT2D eigenvalue weighted by Gasteiger charge is 2.29. The largest absolute Gasteiger partial charge is 0.378 e. The molecule has 2 aromatic heterocycles. The summed E-state index contributed by atoms with van der Waals surface area (Å²) >= 11 is 0. The lowest BCUT2D eigenvalue weighted by Crippen LogP contribution is -2.42. The van der Waals surface area contributed by atoms with Gasteiger partial charge in [0.25, 0.3) is 5.91 Å². The zero-order valence-corrected chi connectivity index (χ0v) is 14.4. The van der Waals surface area contributed by atoms with Crippen LogP contribution in [0, 0.1) is 13.8 Å². The molecule has 128 valence electrons. The number of hydrogen-bond donors (Lipinski definition) is 0. The summed E-state index contributed by atoms with van der Waals surface area (Å²) < 4.78 is 10.9. The molecule has 1 fully saturated rings. The van der Waals surface area contributed by atoms with Crippen molar-refractivity contribution in [2.24, 2.45) is 0 Å². The number of amides is 1. The summed E-state index contributed by atoms with van der Waals surface area (Å²) in [7, 11) is 3.98. The lowest BCUT2D eigenvalue weighted by molar-refractivity contribution is -0.0259. The number of carbonyl (C=O) groups excluding carboxylic acids is 1. The van der Waals surface area contributed by atoms with Crippen LogP contribution in [0.5, 0.6) is 0 Å². The summed E-state index contributed by atoms with van der Waals surface area (Å²) in [6.45, 7) is 5.20. The fourth-order valence-corrected chi connectivity index (χ4v) is 2.73. The summed E-state index contributed by atoms with van der Waals surface area (Å²) in [6, 6.07) is 5.68. The monoisotopic (exact) mass is 330 g/mol. The number of morpholine rings is 1. The number of aryl methyl sites for hydroxylation is 2. The molecule has 0 aliphatic carbocycles. The number of rotatable bonds is 3. The maximum atomic E-state index is 12.5. The van der Waals surface area contributed by atoms with E-state index in [-0.39, 0.29) is 17.8 Å². The van der Waals surface area contributed by atoms with Crippen molar-refractivity contribution in [2.75, 3.05) is 38.7 Å². The minimum atomic E-state index is -0.245. The van der Waals surface area contributed by atoms with E-state index in [1.807, 2.05) is 38.1 Å². The normalized spacial score (nSPS) is 17.8. The van der Waals surface area contributed by atoms with Gasteiger partial charge in [-0.15, -0.1) is 0 Å². The minimum absolute atomic E-state index is 0.163. The number of nitrogens with zero attached hydrogens (tertiary/aromatic N) is 4. The van der Waals surface area contributed by atoms with Crippen LogP contribution in [-0.4, -0.2) is 54.7 Å². The molecule has 1 aliphatic heterocycles. The van der Waals surface area contributed by atoms with Crippen LogP contribution in [-0.2, 0) is 4.74 Å². The van der Waals surface area contributed by atoms with Gasteiger partial charge in [-0.25, -0.2) is 0 Å². The molecule has 3 heterocycles. The zero-order valence-electron chi connectivity index (χ0n) is 14.4. The van der Waals surface area contributed by atoms with Crippen molar-refractivity contribution < 1.29 is 14.1 Å². The van der Waals surface area contributed by atoms with E-state index in [9.17, 15) is 4.79 Å². The summed E-state index contributed by atoms with van der Waals surface area (Å²) in [6.07, 6.45) is -0.245. The van der Waals surface area contributed by atoms with Gasteiger partial charge in [-0.1, -0.05) is 5.16 Å². The molecule has 3 rings (SSSR count). The van der Waals surface area contributed by atoms with Crippen LogP contribution < -0.4 is 4.90 Å². The average molecular weight is 330 g/mol. The molecule has 2 aromatic rings. The van der Waals surface area contributed by atoms with Gasteiger partial charge in [-0.3, -0.25) is 9.78 Å². The van der Waals surface area contributed by atoms with Crippen molar-refractivity contribution in [3.05, 3.63) is 41.0 Å². The second-order valence-corrected chi connectivity index (χ2v) is 6.23. The van der Waals surface area contributed by atoms with Crippen LogP contribution in [0.25, 0.3) is 0 Å². The lowest BCUT2D eigenvalue weighted by atomic mass is 10.1. The fraction of sp³-hybridized carbons (Fsp3) is 0.471. The maximum Gasteiger partial charge on any atom is 0.292 e. The zero-order chi connectivity index (χ0) is 17.3. The first-order valence-corrected chi connectivity index (χ1v) is 7.94. The Morgan fingerprint density at radius 3 is 2.71 bits per heavy atom. The molecule has 24 heavy (non-hydrogen) atoms. The van der Waals surface area contributed by atoms with Gasteiger partial charge in [0.05, 0.1) is 24.5 Å². The topological polar surface area (TPSA) is 71.7 Å².